The summed E-state index contributed by atoms with van der Waals surface area (Å²) in [5, 5.41) is 3.01. The van der Waals surface area contributed by atoms with Gasteiger partial charge in [0.05, 0.1) is 30.1 Å². The van der Waals surface area contributed by atoms with Gasteiger partial charge >= 0.3 is 0 Å². The van der Waals surface area contributed by atoms with E-state index in [-0.39, 0.29) is 0 Å². The van der Waals surface area contributed by atoms with Crippen LogP contribution in [-0.2, 0) is 13.0 Å². The second-order valence-electron chi connectivity index (χ2n) is 6.39. The number of nitrogens with zero attached hydrogens (tertiary/aromatic N) is 4. The summed E-state index contributed by atoms with van der Waals surface area (Å²) in [6.07, 6.45) is 10.3. The molecule has 2 aromatic heterocycles. The average molecular weight is 314 g/mol. The topological polar surface area (TPSA) is 69.7 Å². The molecule has 124 valence electrons. The van der Waals surface area contributed by atoms with E-state index in [4.69, 9.17) is 0 Å². The number of imidazole rings is 1. The highest BCUT2D eigenvalue weighted by molar-refractivity contribution is 5.29. The molecule has 0 radical (unpaired) electrons. The second-order valence-corrected chi connectivity index (χ2v) is 6.39. The Morgan fingerprint density at radius 2 is 2.13 bits per heavy atom. The van der Waals surface area contributed by atoms with Gasteiger partial charge < -0.3 is 10.3 Å². The maximum atomic E-state index is 4.51. The number of anilines is 1. The van der Waals surface area contributed by atoms with Gasteiger partial charge in [0.25, 0.3) is 0 Å². The number of nitrogens with one attached hydrogen (secondary N) is 2. The molecule has 0 bridgehead atoms. The van der Waals surface area contributed by atoms with Gasteiger partial charge in [0.1, 0.15) is 5.82 Å². The number of hydrogen-bond donors (Lipinski definition) is 2. The quantitative estimate of drug-likeness (QED) is 0.887. The first-order valence-corrected chi connectivity index (χ1v) is 8.44. The Morgan fingerprint density at radius 3 is 2.83 bits per heavy atom. The van der Waals surface area contributed by atoms with E-state index in [1.54, 1.807) is 6.33 Å². The molecule has 1 fully saturated rings. The normalized spacial score (nSPS) is 19.5. The fraction of sp³-hybridized carbons (Fsp3) is 0.588. The van der Waals surface area contributed by atoms with Crippen LogP contribution >= 0.6 is 0 Å². The molecule has 3 heterocycles. The van der Waals surface area contributed by atoms with Gasteiger partial charge in [0.15, 0.2) is 0 Å². The Balaban J connectivity index is 1.52. The smallest absolute Gasteiger partial charge is 0.144 e. The summed E-state index contributed by atoms with van der Waals surface area (Å²) in [5.74, 6) is 1.53. The molecule has 3 rings (SSSR count). The van der Waals surface area contributed by atoms with Gasteiger partial charge in [-0.3, -0.25) is 9.88 Å². The first kappa shape index (κ1) is 15.9. The van der Waals surface area contributed by atoms with E-state index in [9.17, 15) is 0 Å². The molecule has 23 heavy (non-hydrogen) atoms. The van der Waals surface area contributed by atoms with Crippen molar-refractivity contribution in [1.82, 2.24) is 24.8 Å². The SMILES string of the molecule is CNc1cnc(C[C@@H]2CCCN(Cc3nc[nH]c3C)CC2)cn1. The maximum Gasteiger partial charge on any atom is 0.144 e. The van der Waals surface area contributed by atoms with Crippen molar-refractivity contribution in [2.75, 3.05) is 25.5 Å². The summed E-state index contributed by atoms with van der Waals surface area (Å²) in [6.45, 7) is 5.35. The Kier molecular flexibility index (Phi) is 5.23. The third kappa shape index (κ3) is 4.28. The van der Waals surface area contributed by atoms with Crippen molar-refractivity contribution in [3.05, 3.63) is 35.8 Å². The molecule has 2 aromatic rings. The molecule has 2 N–H and O–H groups in total. The van der Waals surface area contributed by atoms with Crippen molar-refractivity contribution in [2.24, 2.45) is 5.92 Å². The monoisotopic (exact) mass is 314 g/mol. The highest BCUT2D eigenvalue weighted by Crippen LogP contribution is 2.22. The maximum absolute atomic E-state index is 4.51. The van der Waals surface area contributed by atoms with E-state index in [0.717, 1.165) is 37.6 Å². The van der Waals surface area contributed by atoms with Gasteiger partial charge in [-0.05, 0) is 51.6 Å². The zero-order valence-electron chi connectivity index (χ0n) is 14.0. The Hall–Kier alpha value is -1.95. The largest absolute Gasteiger partial charge is 0.372 e. The van der Waals surface area contributed by atoms with Gasteiger partial charge in [-0.1, -0.05) is 0 Å². The Bertz CT molecular complexity index is 606. The predicted octanol–water partition coefficient (Wildman–Crippen LogP) is 2.39. The van der Waals surface area contributed by atoms with E-state index >= 15 is 0 Å². The van der Waals surface area contributed by atoms with Crippen LogP contribution in [0.25, 0.3) is 0 Å². The molecule has 0 amide bonds. The van der Waals surface area contributed by atoms with Crippen molar-refractivity contribution in [3.63, 3.8) is 0 Å². The van der Waals surface area contributed by atoms with Crippen molar-refractivity contribution in [2.45, 2.75) is 39.2 Å². The molecule has 0 spiro atoms. The Labute approximate surface area is 137 Å². The summed E-state index contributed by atoms with van der Waals surface area (Å²) in [5.41, 5.74) is 3.47. The number of likely N-dealkylation sites (tertiary alicyclic amines) is 1. The summed E-state index contributed by atoms with van der Waals surface area (Å²) in [4.78, 5) is 19.0. The van der Waals surface area contributed by atoms with Gasteiger partial charge in [-0.2, -0.15) is 0 Å². The molecule has 1 aliphatic rings. The number of aryl methyl sites for hydroxylation is 1. The van der Waals surface area contributed by atoms with Gasteiger partial charge in [-0.15, -0.1) is 0 Å². The van der Waals surface area contributed by atoms with E-state index in [2.05, 4.69) is 37.1 Å². The third-order valence-corrected chi connectivity index (χ3v) is 4.71. The molecule has 6 nitrogen and oxygen atoms in total. The number of hydrogen-bond acceptors (Lipinski definition) is 5. The second kappa shape index (κ2) is 7.55. The van der Waals surface area contributed by atoms with Crippen molar-refractivity contribution >= 4 is 5.82 Å². The number of H-pyrrole nitrogens is 1. The van der Waals surface area contributed by atoms with Crippen LogP contribution < -0.4 is 5.32 Å². The van der Waals surface area contributed by atoms with Crippen LogP contribution in [0.3, 0.4) is 0 Å². The fourth-order valence-electron chi connectivity index (χ4n) is 3.23. The van der Waals surface area contributed by atoms with Crippen molar-refractivity contribution in [3.8, 4) is 0 Å². The van der Waals surface area contributed by atoms with Crippen molar-refractivity contribution < 1.29 is 0 Å². The predicted molar refractivity (Wildman–Crippen MR) is 91.2 cm³/mol. The first-order valence-electron chi connectivity index (χ1n) is 8.44. The van der Waals surface area contributed by atoms with Crippen LogP contribution in [0, 0.1) is 12.8 Å². The summed E-state index contributed by atoms with van der Waals surface area (Å²) in [6, 6.07) is 0. The molecular weight excluding hydrogens is 288 g/mol. The minimum absolute atomic E-state index is 0.704. The lowest BCUT2D eigenvalue weighted by atomic mass is 9.95. The van der Waals surface area contributed by atoms with E-state index < -0.39 is 0 Å². The highest BCUT2D eigenvalue weighted by atomic mass is 15.1. The number of aromatic amines is 1. The lowest BCUT2D eigenvalue weighted by molar-refractivity contribution is 0.269. The van der Waals surface area contributed by atoms with E-state index in [1.807, 2.05) is 19.4 Å². The average Bonchev–Trinajstić information content (AvgIpc) is 2.84. The van der Waals surface area contributed by atoms with Crippen LogP contribution in [0.5, 0.6) is 0 Å². The lowest BCUT2D eigenvalue weighted by Gasteiger charge is -2.19. The molecule has 1 saturated heterocycles. The van der Waals surface area contributed by atoms with E-state index in [0.29, 0.717) is 5.92 Å². The van der Waals surface area contributed by atoms with Gasteiger partial charge in [0.2, 0.25) is 0 Å². The van der Waals surface area contributed by atoms with Gasteiger partial charge in [0, 0.05) is 19.3 Å². The standard InChI is InChI=1S/C17H26N6/c1-13-16(22-12-21-13)11-23-6-3-4-14(5-7-23)8-15-9-20-17(18-2)10-19-15/h9-10,12,14H,3-8,11H2,1-2H3,(H,18,20)(H,21,22)/t14-/m1/s1. The zero-order valence-corrected chi connectivity index (χ0v) is 14.0. The molecule has 0 unspecified atom stereocenters. The van der Waals surface area contributed by atoms with E-state index in [1.165, 1.54) is 30.7 Å². The Morgan fingerprint density at radius 1 is 1.22 bits per heavy atom. The highest BCUT2D eigenvalue weighted by Gasteiger charge is 2.19. The van der Waals surface area contributed by atoms with Crippen LogP contribution in [0.15, 0.2) is 18.7 Å². The third-order valence-electron chi connectivity index (χ3n) is 4.71. The number of aromatic nitrogens is 4. The summed E-state index contributed by atoms with van der Waals surface area (Å²) in [7, 11) is 1.87. The summed E-state index contributed by atoms with van der Waals surface area (Å²) >= 11 is 0. The van der Waals surface area contributed by atoms with Crippen molar-refractivity contribution in [1.29, 1.82) is 0 Å². The van der Waals surface area contributed by atoms with Gasteiger partial charge in [-0.25, -0.2) is 9.97 Å². The first-order chi connectivity index (χ1) is 11.2. The molecule has 1 aliphatic heterocycles. The molecule has 0 saturated carbocycles. The number of rotatable bonds is 5. The van der Waals surface area contributed by atoms with Crippen LogP contribution in [0.4, 0.5) is 5.82 Å². The molecule has 1 atom stereocenters. The van der Waals surface area contributed by atoms with Crippen LogP contribution in [0.1, 0.15) is 36.3 Å². The fourth-order valence-corrected chi connectivity index (χ4v) is 3.23. The molecule has 0 aliphatic carbocycles. The molecule has 0 aromatic carbocycles. The minimum Gasteiger partial charge on any atom is -0.372 e. The summed E-state index contributed by atoms with van der Waals surface area (Å²) < 4.78 is 0. The van der Waals surface area contributed by atoms with Crippen LogP contribution in [-0.4, -0.2) is 45.0 Å². The molecular formula is C17H26N6. The van der Waals surface area contributed by atoms with Crippen LogP contribution in [0.2, 0.25) is 0 Å². The minimum atomic E-state index is 0.704. The molecule has 6 heteroatoms. The lowest BCUT2D eigenvalue weighted by Crippen LogP contribution is -2.25. The zero-order chi connectivity index (χ0) is 16.1.